The SMILES string of the molecule is O=C1CCC(N2C(=O)c3cccc(NCCOCCOCCOCCNC(=O)c4cccc(S(=O)(=O)Nc5cccc6c(Cl)c[nH]c56)c4)c3C2=O)C(=O)N1. The number of rotatable bonds is 18. The number of aromatic nitrogens is 1. The van der Waals surface area contributed by atoms with Crippen LogP contribution >= 0.6 is 11.6 Å². The van der Waals surface area contributed by atoms with Crippen LogP contribution in [0.2, 0.25) is 5.02 Å². The molecular weight excluding hydrogens is 744 g/mol. The number of anilines is 2. The Kier molecular flexibility index (Phi) is 12.2. The largest absolute Gasteiger partial charge is 0.382 e. The van der Waals surface area contributed by atoms with Gasteiger partial charge >= 0.3 is 0 Å². The van der Waals surface area contributed by atoms with Gasteiger partial charge in [0, 0.05) is 42.3 Å². The molecule has 1 fully saturated rings. The minimum atomic E-state index is -4.01. The summed E-state index contributed by atoms with van der Waals surface area (Å²) in [6.07, 6.45) is 1.70. The lowest BCUT2D eigenvalue weighted by Gasteiger charge is -2.27. The number of nitrogens with one attached hydrogen (secondary N) is 5. The fourth-order valence-electron chi connectivity index (χ4n) is 6.01. The summed E-state index contributed by atoms with van der Waals surface area (Å²) in [6.45, 7) is 2.19. The number of fused-ring (bicyclic) bond motifs is 2. The average Bonchev–Trinajstić information content (AvgIpc) is 3.66. The smallest absolute Gasteiger partial charge is 0.264 e. The first-order valence-electron chi connectivity index (χ1n) is 17.0. The third-order valence-electron chi connectivity index (χ3n) is 8.62. The summed E-state index contributed by atoms with van der Waals surface area (Å²) in [4.78, 5) is 66.5. The van der Waals surface area contributed by atoms with Crippen molar-refractivity contribution in [2.75, 3.05) is 62.8 Å². The first kappa shape index (κ1) is 38.4. The molecule has 5 N–H and O–H groups in total. The Morgan fingerprint density at radius 1 is 0.852 bits per heavy atom. The summed E-state index contributed by atoms with van der Waals surface area (Å²) < 4.78 is 45.3. The van der Waals surface area contributed by atoms with E-state index in [1.165, 1.54) is 30.3 Å². The number of amides is 5. The van der Waals surface area contributed by atoms with Gasteiger partial charge in [0.25, 0.3) is 27.7 Å². The second-order valence-corrected chi connectivity index (χ2v) is 14.3. The Morgan fingerprint density at radius 3 is 2.30 bits per heavy atom. The fourth-order valence-corrected chi connectivity index (χ4v) is 7.34. The van der Waals surface area contributed by atoms with Gasteiger partial charge in [-0.2, -0.15) is 0 Å². The van der Waals surface area contributed by atoms with E-state index in [1.54, 1.807) is 36.5 Å². The number of carbonyl (C=O) groups excluding carboxylic acids is 5. The molecular formula is C36H37ClN6O10S. The molecule has 0 spiro atoms. The van der Waals surface area contributed by atoms with Gasteiger partial charge in [-0.3, -0.25) is 38.9 Å². The zero-order chi connectivity index (χ0) is 38.2. The van der Waals surface area contributed by atoms with Crippen LogP contribution in [0, 0.1) is 0 Å². The van der Waals surface area contributed by atoms with E-state index < -0.39 is 45.6 Å². The third kappa shape index (κ3) is 8.72. The van der Waals surface area contributed by atoms with Gasteiger partial charge < -0.3 is 29.8 Å². The van der Waals surface area contributed by atoms with E-state index in [4.69, 9.17) is 25.8 Å². The number of benzene rings is 3. The molecule has 0 bridgehead atoms. The van der Waals surface area contributed by atoms with Gasteiger partial charge in [0.15, 0.2) is 0 Å². The van der Waals surface area contributed by atoms with Crippen molar-refractivity contribution in [2.24, 2.45) is 0 Å². The van der Waals surface area contributed by atoms with Crippen molar-refractivity contribution < 1.29 is 46.6 Å². The number of para-hydroxylation sites is 1. The van der Waals surface area contributed by atoms with Gasteiger partial charge in [-0.05, 0) is 42.8 Å². The minimum Gasteiger partial charge on any atom is -0.382 e. The maximum atomic E-state index is 13.2. The van der Waals surface area contributed by atoms with Crippen LogP contribution in [0.1, 0.15) is 43.9 Å². The Hall–Kier alpha value is -5.33. The summed E-state index contributed by atoms with van der Waals surface area (Å²) >= 11 is 6.15. The molecule has 3 heterocycles. The highest BCUT2D eigenvalue weighted by Crippen LogP contribution is 2.33. The summed E-state index contributed by atoms with van der Waals surface area (Å²) in [5.74, 6) is -2.72. The number of halogens is 1. The molecule has 0 saturated carbocycles. The monoisotopic (exact) mass is 780 g/mol. The molecule has 4 aromatic rings. The van der Waals surface area contributed by atoms with Gasteiger partial charge in [-0.25, -0.2) is 8.42 Å². The van der Waals surface area contributed by atoms with Crippen LogP contribution < -0.4 is 20.7 Å². The Bertz CT molecular complexity index is 2190. The quantitative estimate of drug-likeness (QED) is 0.0731. The molecule has 2 aliphatic rings. The van der Waals surface area contributed by atoms with Crippen molar-refractivity contribution in [1.29, 1.82) is 0 Å². The molecule has 18 heteroatoms. The molecule has 0 aliphatic carbocycles. The second kappa shape index (κ2) is 17.2. The topological polar surface area (TPSA) is 214 Å². The van der Waals surface area contributed by atoms with Crippen molar-refractivity contribution in [3.8, 4) is 0 Å². The van der Waals surface area contributed by atoms with Gasteiger partial charge in [-0.15, -0.1) is 0 Å². The molecule has 16 nitrogen and oxygen atoms in total. The molecule has 54 heavy (non-hydrogen) atoms. The summed E-state index contributed by atoms with van der Waals surface area (Å²) in [7, 11) is -4.01. The van der Waals surface area contributed by atoms with E-state index in [1.807, 2.05) is 0 Å². The number of hydrogen-bond donors (Lipinski definition) is 5. The first-order chi connectivity index (χ1) is 26.0. The molecule has 1 atom stereocenters. The Balaban J connectivity index is 0.833. The predicted octanol–water partition coefficient (Wildman–Crippen LogP) is 2.92. The molecule has 6 rings (SSSR count). The number of imide groups is 2. The van der Waals surface area contributed by atoms with Crippen molar-refractivity contribution in [3.63, 3.8) is 0 Å². The van der Waals surface area contributed by atoms with Gasteiger partial charge in [-0.1, -0.05) is 35.9 Å². The molecule has 1 unspecified atom stereocenters. The number of hydrogen-bond acceptors (Lipinski definition) is 11. The molecule has 3 aromatic carbocycles. The lowest BCUT2D eigenvalue weighted by Crippen LogP contribution is -2.54. The molecule has 284 valence electrons. The van der Waals surface area contributed by atoms with Crippen LogP contribution in [0.15, 0.2) is 71.8 Å². The number of sulfonamides is 1. The van der Waals surface area contributed by atoms with Crippen LogP contribution in [0.3, 0.4) is 0 Å². The number of H-pyrrole nitrogens is 1. The Labute approximate surface area is 314 Å². The molecule has 1 aromatic heterocycles. The van der Waals surface area contributed by atoms with Crippen molar-refractivity contribution >= 4 is 73.4 Å². The number of aromatic amines is 1. The molecule has 1 saturated heterocycles. The molecule has 2 aliphatic heterocycles. The average molecular weight is 781 g/mol. The lowest BCUT2D eigenvalue weighted by atomic mass is 10.0. The second-order valence-electron chi connectivity index (χ2n) is 12.2. The highest BCUT2D eigenvalue weighted by atomic mass is 35.5. The summed E-state index contributed by atoms with van der Waals surface area (Å²) in [5.41, 5.74) is 1.85. The number of ether oxygens (including phenoxy) is 3. The van der Waals surface area contributed by atoms with Crippen LogP contribution in [0.5, 0.6) is 0 Å². The standard InChI is InChI=1S/C36H37ClN6O10S/c37-26-21-40-32-24(26)6-2-9-28(32)42-54(49,50)23-5-1-4-22(20-23)33(45)39-13-15-52-17-19-53-18-16-51-14-12-38-27-8-3-7-25-31(27)36(48)43(35(25)47)29-10-11-30(44)41-34(29)46/h1-9,20-21,29,38,40,42H,10-19H2,(H,39,45)(H,41,44,46). The normalized spacial score (nSPS) is 15.7. The number of piperidine rings is 1. The Morgan fingerprint density at radius 2 is 1.54 bits per heavy atom. The van der Waals surface area contributed by atoms with Crippen LogP contribution in [-0.4, -0.2) is 107 Å². The maximum Gasteiger partial charge on any atom is 0.264 e. The van der Waals surface area contributed by atoms with Gasteiger partial charge in [0.1, 0.15) is 6.04 Å². The number of nitrogens with zero attached hydrogens (tertiary/aromatic N) is 1. The molecule has 5 amide bonds. The van der Waals surface area contributed by atoms with Crippen molar-refractivity contribution in [3.05, 3.63) is 88.6 Å². The van der Waals surface area contributed by atoms with Crippen LogP contribution in [0.25, 0.3) is 10.9 Å². The predicted molar refractivity (Wildman–Crippen MR) is 197 cm³/mol. The van der Waals surface area contributed by atoms with Crippen molar-refractivity contribution in [2.45, 2.75) is 23.8 Å². The zero-order valence-corrected chi connectivity index (χ0v) is 30.4. The fraction of sp³-hybridized carbons (Fsp3) is 0.306. The van der Waals surface area contributed by atoms with Crippen molar-refractivity contribution in [1.82, 2.24) is 20.5 Å². The van der Waals surface area contributed by atoms with E-state index >= 15 is 0 Å². The molecule has 0 radical (unpaired) electrons. The summed E-state index contributed by atoms with van der Waals surface area (Å²) in [6, 6.07) is 14.6. The van der Waals surface area contributed by atoms with E-state index in [9.17, 15) is 32.4 Å². The van der Waals surface area contributed by atoms with Crippen LogP contribution in [-0.2, 0) is 33.8 Å². The van der Waals surface area contributed by atoms with E-state index in [2.05, 4.69) is 25.7 Å². The zero-order valence-electron chi connectivity index (χ0n) is 28.8. The van der Waals surface area contributed by atoms with E-state index in [-0.39, 0.29) is 60.8 Å². The highest BCUT2D eigenvalue weighted by molar-refractivity contribution is 7.92. The van der Waals surface area contributed by atoms with E-state index in [0.717, 1.165) is 4.90 Å². The van der Waals surface area contributed by atoms with Gasteiger partial charge in [0.05, 0.1) is 71.9 Å². The first-order valence-corrected chi connectivity index (χ1v) is 18.9. The lowest BCUT2D eigenvalue weighted by molar-refractivity contribution is -0.136. The third-order valence-corrected chi connectivity index (χ3v) is 10.3. The highest BCUT2D eigenvalue weighted by Gasteiger charge is 2.45. The van der Waals surface area contributed by atoms with Crippen LogP contribution in [0.4, 0.5) is 11.4 Å². The minimum absolute atomic E-state index is 0.0440. The van der Waals surface area contributed by atoms with Gasteiger partial charge in [0.2, 0.25) is 11.8 Å². The summed E-state index contributed by atoms with van der Waals surface area (Å²) in [5, 5.41) is 9.13. The number of carbonyl (C=O) groups is 5. The maximum absolute atomic E-state index is 13.2. The van der Waals surface area contributed by atoms with E-state index in [0.29, 0.717) is 53.7 Å².